The second-order valence-corrected chi connectivity index (χ2v) is 9.71. The van der Waals surface area contributed by atoms with E-state index < -0.39 is 10.0 Å². The summed E-state index contributed by atoms with van der Waals surface area (Å²) in [7, 11) is -3.69. The third-order valence-corrected chi connectivity index (χ3v) is 7.52. The second-order valence-electron chi connectivity index (χ2n) is 6.74. The van der Waals surface area contributed by atoms with Gasteiger partial charge in [-0.1, -0.05) is 11.3 Å². The van der Waals surface area contributed by atoms with E-state index in [2.05, 4.69) is 35.1 Å². The van der Waals surface area contributed by atoms with Crippen molar-refractivity contribution in [2.45, 2.75) is 36.9 Å². The molecule has 3 aromatic heterocycles. The molecule has 0 unspecified atom stereocenters. The van der Waals surface area contributed by atoms with Gasteiger partial charge in [0.2, 0.25) is 11.6 Å². The number of amides is 1. The molecule has 0 aromatic carbocycles. The van der Waals surface area contributed by atoms with Gasteiger partial charge < -0.3 is 10.2 Å². The van der Waals surface area contributed by atoms with Crippen molar-refractivity contribution in [1.82, 2.24) is 29.3 Å². The maximum atomic E-state index is 12.6. The average Bonchev–Trinajstić information content (AvgIpc) is 3.29. The van der Waals surface area contributed by atoms with Crippen molar-refractivity contribution < 1.29 is 13.2 Å². The predicted octanol–water partition coefficient (Wildman–Crippen LogP) is 0.795. The van der Waals surface area contributed by atoms with Gasteiger partial charge >= 0.3 is 0 Å². The summed E-state index contributed by atoms with van der Waals surface area (Å²) in [5.41, 5.74) is 0.694. The molecule has 0 spiro atoms. The summed E-state index contributed by atoms with van der Waals surface area (Å²) < 4.78 is 30.0. The number of rotatable bonds is 5. The molecule has 1 saturated heterocycles. The van der Waals surface area contributed by atoms with Crippen LogP contribution in [-0.2, 0) is 14.8 Å². The number of anilines is 2. The number of nitrogens with one attached hydrogen (secondary N) is 2. The van der Waals surface area contributed by atoms with Crippen LogP contribution in [0, 0.1) is 6.92 Å². The molecule has 29 heavy (non-hydrogen) atoms. The summed E-state index contributed by atoms with van der Waals surface area (Å²) in [4.78, 5) is 21.6. The van der Waals surface area contributed by atoms with E-state index in [-0.39, 0.29) is 21.3 Å². The maximum Gasteiger partial charge on any atom is 0.251 e. The van der Waals surface area contributed by atoms with Gasteiger partial charge in [0.1, 0.15) is 5.82 Å². The van der Waals surface area contributed by atoms with Crippen molar-refractivity contribution in [2.24, 2.45) is 0 Å². The van der Waals surface area contributed by atoms with Gasteiger partial charge in [-0.05, 0) is 19.8 Å². The zero-order valence-electron chi connectivity index (χ0n) is 15.9. The number of carbonyl (C=O) groups is 1. The Bertz CT molecular complexity index is 1150. The molecule has 2 N–H and O–H groups in total. The zero-order chi connectivity index (χ0) is 20.6. The predicted molar refractivity (Wildman–Crippen MR) is 107 cm³/mol. The van der Waals surface area contributed by atoms with Gasteiger partial charge in [-0.15, -0.1) is 10.2 Å². The van der Waals surface area contributed by atoms with Crippen LogP contribution in [0.25, 0.3) is 5.65 Å². The van der Waals surface area contributed by atoms with Gasteiger partial charge in [0.05, 0.1) is 6.20 Å². The Morgan fingerprint density at radius 1 is 1.24 bits per heavy atom. The molecule has 1 amide bonds. The van der Waals surface area contributed by atoms with Crippen LogP contribution in [0.4, 0.5) is 10.9 Å². The van der Waals surface area contributed by atoms with Gasteiger partial charge in [-0.2, -0.15) is 0 Å². The number of aryl methyl sites for hydroxylation is 1. The minimum Gasteiger partial charge on any atom is -0.353 e. The number of carbonyl (C=O) groups excluding carboxylic acids is 1. The van der Waals surface area contributed by atoms with E-state index in [0.29, 0.717) is 31.6 Å². The highest BCUT2D eigenvalue weighted by molar-refractivity contribution is 7.91. The number of hydrogen-bond acceptors (Lipinski definition) is 9. The molecular formula is C16H20N8O3S2. The third kappa shape index (κ3) is 4.06. The fourth-order valence-corrected chi connectivity index (χ4v) is 5.63. The summed E-state index contributed by atoms with van der Waals surface area (Å²) in [6.45, 7) is 4.51. The second kappa shape index (κ2) is 7.65. The Morgan fingerprint density at radius 3 is 2.72 bits per heavy atom. The first kappa shape index (κ1) is 19.7. The topological polar surface area (TPSA) is 134 Å². The molecule has 0 atom stereocenters. The third-order valence-electron chi connectivity index (χ3n) is 4.63. The fourth-order valence-electron chi connectivity index (χ4n) is 3.23. The molecule has 4 rings (SSSR count). The smallest absolute Gasteiger partial charge is 0.251 e. The van der Waals surface area contributed by atoms with Crippen molar-refractivity contribution >= 4 is 43.9 Å². The molecule has 0 bridgehead atoms. The highest BCUT2D eigenvalue weighted by Crippen LogP contribution is 2.25. The van der Waals surface area contributed by atoms with Crippen LogP contribution in [0.1, 0.15) is 25.6 Å². The van der Waals surface area contributed by atoms with Crippen LogP contribution in [0.15, 0.2) is 22.8 Å². The lowest BCUT2D eigenvalue weighted by molar-refractivity contribution is -0.114. The largest absolute Gasteiger partial charge is 0.353 e. The van der Waals surface area contributed by atoms with Crippen LogP contribution in [0.5, 0.6) is 0 Å². The average molecular weight is 437 g/mol. The normalized spacial score (nSPS) is 15.7. The zero-order valence-corrected chi connectivity index (χ0v) is 17.5. The van der Waals surface area contributed by atoms with Crippen molar-refractivity contribution in [3.8, 4) is 0 Å². The standard InChI is InChI=1S/C16H20N8O3S2/c1-10-20-21-15-14(17-5-8-24(10)15)23-6-3-12(4-7-23)22-29(26,27)13-9-18-16(28-13)19-11(2)25/h5,8-9,12,22H,3-4,6-7H2,1-2H3,(H,18,19,25). The number of piperidine rings is 1. The fraction of sp³-hybridized carbons (Fsp3) is 0.438. The van der Waals surface area contributed by atoms with Gasteiger partial charge in [0.15, 0.2) is 15.2 Å². The lowest BCUT2D eigenvalue weighted by atomic mass is 10.1. The van der Waals surface area contributed by atoms with E-state index in [4.69, 9.17) is 0 Å². The van der Waals surface area contributed by atoms with Crippen molar-refractivity contribution in [3.05, 3.63) is 24.4 Å². The van der Waals surface area contributed by atoms with Crippen molar-refractivity contribution in [3.63, 3.8) is 0 Å². The lowest BCUT2D eigenvalue weighted by Gasteiger charge is -2.32. The number of sulfonamides is 1. The number of hydrogen-bond donors (Lipinski definition) is 2. The summed E-state index contributed by atoms with van der Waals surface area (Å²) in [6.07, 6.45) is 6.05. The van der Waals surface area contributed by atoms with Crippen molar-refractivity contribution in [1.29, 1.82) is 0 Å². The SMILES string of the molecule is CC(=O)Nc1ncc(S(=O)(=O)NC2CCN(c3nccn4c(C)nnc34)CC2)s1. The maximum absolute atomic E-state index is 12.6. The highest BCUT2D eigenvalue weighted by atomic mass is 32.2. The molecule has 154 valence electrons. The van der Waals surface area contributed by atoms with Gasteiger partial charge in [-0.3, -0.25) is 9.20 Å². The molecule has 4 heterocycles. The van der Waals surface area contributed by atoms with Gasteiger partial charge in [-0.25, -0.2) is 23.1 Å². The molecule has 0 radical (unpaired) electrons. The molecule has 0 aliphatic carbocycles. The Kier molecular flexibility index (Phi) is 5.19. The number of nitrogens with zero attached hydrogens (tertiary/aromatic N) is 6. The van der Waals surface area contributed by atoms with Crippen LogP contribution >= 0.6 is 11.3 Å². The van der Waals surface area contributed by atoms with Crippen LogP contribution in [0.3, 0.4) is 0 Å². The molecular weight excluding hydrogens is 416 g/mol. The molecule has 11 nitrogen and oxygen atoms in total. The van der Waals surface area contributed by atoms with Crippen molar-refractivity contribution in [2.75, 3.05) is 23.3 Å². The van der Waals surface area contributed by atoms with E-state index in [1.54, 1.807) is 6.20 Å². The summed E-state index contributed by atoms with van der Waals surface area (Å²) in [5.74, 6) is 1.24. The van der Waals surface area contributed by atoms with Crippen LogP contribution in [0.2, 0.25) is 0 Å². The van der Waals surface area contributed by atoms with Gasteiger partial charge in [0.25, 0.3) is 10.0 Å². The van der Waals surface area contributed by atoms with E-state index in [9.17, 15) is 13.2 Å². The first-order valence-electron chi connectivity index (χ1n) is 9.00. The molecule has 1 fully saturated rings. The quantitative estimate of drug-likeness (QED) is 0.600. The number of fused-ring (bicyclic) bond motifs is 1. The van der Waals surface area contributed by atoms with E-state index in [0.717, 1.165) is 23.0 Å². The lowest BCUT2D eigenvalue weighted by Crippen LogP contribution is -2.44. The minimum absolute atomic E-state index is 0.0778. The molecule has 13 heteroatoms. The first-order valence-corrected chi connectivity index (χ1v) is 11.3. The highest BCUT2D eigenvalue weighted by Gasteiger charge is 2.27. The summed E-state index contributed by atoms with van der Waals surface area (Å²) >= 11 is 0.926. The van der Waals surface area contributed by atoms with E-state index in [1.807, 2.05) is 17.5 Å². The van der Waals surface area contributed by atoms with Crippen LogP contribution in [-0.4, -0.2) is 58.0 Å². The summed E-state index contributed by atoms with van der Waals surface area (Å²) in [5, 5.41) is 11.0. The van der Waals surface area contributed by atoms with Crippen LogP contribution < -0.4 is 14.9 Å². The Morgan fingerprint density at radius 2 is 2.00 bits per heavy atom. The van der Waals surface area contributed by atoms with E-state index in [1.165, 1.54) is 13.1 Å². The minimum atomic E-state index is -3.69. The molecule has 1 aliphatic rings. The Labute approximate surface area is 171 Å². The molecule has 1 aliphatic heterocycles. The molecule has 0 saturated carbocycles. The number of thiazole rings is 1. The monoisotopic (exact) mass is 436 g/mol. The molecule has 3 aromatic rings. The Hall–Kier alpha value is -2.64. The Balaban J connectivity index is 1.42. The number of aromatic nitrogens is 5. The van der Waals surface area contributed by atoms with Gasteiger partial charge in [0, 0.05) is 38.4 Å². The first-order chi connectivity index (χ1) is 13.8. The summed E-state index contributed by atoms with van der Waals surface area (Å²) in [6, 6.07) is -0.193. The van der Waals surface area contributed by atoms with E-state index >= 15 is 0 Å².